The summed E-state index contributed by atoms with van der Waals surface area (Å²) in [5, 5.41) is 0. The second-order valence-electron chi connectivity index (χ2n) is 6.93. The van der Waals surface area contributed by atoms with E-state index in [1.54, 1.807) is 0 Å². The second-order valence-corrected chi connectivity index (χ2v) is 6.93. The predicted molar refractivity (Wildman–Crippen MR) is 89.5 cm³/mol. The molecule has 0 unspecified atom stereocenters. The van der Waals surface area contributed by atoms with Crippen LogP contribution in [-0.4, -0.2) is 6.17 Å². The largest absolute Gasteiger partial charge is 0.316 e. The molecule has 1 rings (SSSR count). The molecule has 20 heavy (non-hydrogen) atoms. The van der Waals surface area contributed by atoms with Crippen LogP contribution < -0.4 is 11.5 Å². The van der Waals surface area contributed by atoms with Crippen LogP contribution in [0.3, 0.4) is 0 Å². The molecule has 1 aliphatic rings. The minimum absolute atomic E-state index is 0.0982. The van der Waals surface area contributed by atoms with E-state index in [4.69, 9.17) is 11.5 Å². The first-order valence-electron chi connectivity index (χ1n) is 9.30. The van der Waals surface area contributed by atoms with E-state index in [1.807, 2.05) is 0 Å². The third kappa shape index (κ3) is 10.7. The van der Waals surface area contributed by atoms with Gasteiger partial charge in [-0.25, -0.2) is 0 Å². The van der Waals surface area contributed by atoms with Crippen LogP contribution in [0.5, 0.6) is 0 Å². The molecule has 0 bridgehead atoms. The first-order chi connectivity index (χ1) is 9.79. The fourth-order valence-electron chi connectivity index (χ4n) is 3.53. The molecule has 0 aliphatic heterocycles. The van der Waals surface area contributed by atoms with Crippen molar-refractivity contribution in [3.05, 3.63) is 0 Å². The van der Waals surface area contributed by atoms with Crippen molar-refractivity contribution in [2.75, 3.05) is 0 Å². The van der Waals surface area contributed by atoms with E-state index in [0.717, 1.165) is 12.3 Å². The number of rotatable bonds is 11. The summed E-state index contributed by atoms with van der Waals surface area (Å²) in [6.07, 6.45) is 22.5. The molecular weight excluding hydrogens is 244 g/mol. The van der Waals surface area contributed by atoms with Gasteiger partial charge in [-0.3, -0.25) is 0 Å². The van der Waals surface area contributed by atoms with Crippen molar-refractivity contribution < 1.29 is 0 Å². The van der Waals surface area contributed by atoms with Crippen molar-refractivity contribution in [1.82, 2.24) is 0 Å². The predicted octanol–water partition coefficient (Wildman–Crippen LogP) is 5.10. The van der Waals surface area contributed by atoms with Gasteiger partial charge >= 0.3 is 0 Å². The number of hydrogen-bond donors (Lipinski definition) is 2. The van der Waals surface area contributed by atoms with E-state index in [1.165, 1.54) is 96.3 Å². The molecule has 4 N–H and O–H groups in total. The van der Waals surface area contributed by atoms with Crippen molar-refractivity contribution in [2.45, 2.75) is 109 Å². The number of unbranched alkanes of at least 4 members (excludes halogenated alkanes) is 7. The Kier molecular flexibility index (Phi) is 11.4. The van der Waals surface area contributed by atoms with E-state index in [-0.39, 0.29) is 6.17 Å². The van der Waals surface area contributed by atoms with Gasteiger partial charge in [0.2, 0.25) is 0 Å². The van der Waals surface area contributed by atoms with E-state index >= 15 is 0 Å². The summed E-state index contributed by atoms with van der Waals surface area (Å²) in [4.78, 5) is 0. The van der Waals surface area contributed by atoms with Gasteiger partial charge in [-0.2, -0.15) is 0 Å². The topological polar surface area (TPSA) is 52.0 Å². The van der Waals surface area contributed by atoms with Gasteiger partial charge in [0.05, 0.1) is 6.17 Å². The quantitative estimate of drug-likeness (QED) is 0.314. The zero-order chi connectivity index (χ0) is 14.5. The SMILES string of the molecule is NC(N)CCCCCCCCCCC1CCCCCC1. The zero-order valence-electron chi connectivity index (χ0n) is 13.6. The summed E-state index contributed by atoms with van der Waals surface area (Å²) >= 11 is 0. The third-order valence-electron chi connectivity index (χ3n) is 4.87. The van der Waals surface area contributed by atoms with E-state index in [2.05, 4.69) is 0 Å². The molecule has 0 aromatic carbocycles. The summed E-state index contributed by atoms with van der Waals surface area (Å²) in [5.74, 6) is 1.07. The van der Waals surface area contributed by atoms with E-state index < -0.39 is 0 Å². The normalized spacial score (nSPS) is 17.6. The minimum Gasteiger partial charge on any atom is -0.316 e. The molecule has 0 amide bonds. The Hall–Kier alpha value is -0.0800. The van der Waals surface area contributed by atoms with Crippen LogP contribution in [0, 0.1) is 5.92 Å². The lowest BCUT2D eigenvalue weighted by Crippen LogP contribution is -2.29. The Morgan fingerprint density at radius 3 is 1.70 bits per heavy atom. The van der Waals surface area contributed by atoms with Gasteiger partial charge in [-0.1, -0.05) is 96.3 Å². The molecule has 1 aliphatic carbocycles. The standard InChI is InChI=1S/C18H38N2/c19-18(20)16-12-6-4-2-1-3-5-9-13-17-14-10-7-8-11-15-17/h17-18H,1-16,19-20H2. The van der Waals surface area contributed by atoms with Crippen molar-refractivity contribution in [3.63, 3.8) is 0 Å². The van der Waals surface area contributed by atoms with E-state index in [0.29, 0.717) is 0 Å². The van der Waals surface area contributed by atoms with Crippen LogP contribution in [0.2, 0.25) is 0 Å². The summed E-state index contributed by atoms with van der Waals surface area (Å²) in [6.45, 7) is 0. The van der Waals surface area contributed by atoms with Gasteiger partial charge in [0.25, 0.3) is 0 Å². The smallest absolute Gasteiger partial charge is 0.0520 e. The highest BCUT2D eigenvalue weighted by Crippen LogP contribution is 2.27. The molecule has 0 spiro atoms. The first-order valence-corrected chi connectivity index (χ1v) is 9.30. The molecule has 2 heteroatoms. The first kappa shape index (κ1) is 18.0. The van der Waals surface area contributed by atoms with Gasteiger partial charge in [-0.15, -0.1) is 0 Å². The van der Waals surface area contributed by atoms with Gasteiger partial charge in [0.15, 0.2) is 0 Å². The second kappa shape index (κ2) is 12.6. The molecule has 2 nitrogen and oxygen atoms in total. The summed E-state index contributed by atoms with van der Waals surface area (Å²) in [7, 11) is 0. The molecule has 0 aromatic rings. The van der Waals surface area contributed by atoms with Crippen molar-refractivity contribution in [2.24, 2.45) is 17.4 Å². The van der Waals surface area contributed by atoms with Crippen molar-refractivity contribution in [3.8, 4) is 0 Å². The molecule has 1 fully saturated rings. The fraction of sp³-hybridized carbons (Fsp3) is 1.00. The maximum atomic E-state index is 5.54. The highest BCUT2D eigenvalue weighted by molar-refractivity contribution is 4.64. The molecule has 0 atom stereocenters. The monoisotopic (exact) mass is 282 g/mol. The Balaban J connectivity index is 1.78. The lowest BCUT2D eigenvalue weighted by molar-refractivity contribution is 0.404. The van der Waals surface area contributed by atoms with Gasteiger partial charge < -0.3 is 11.5 Å². The Morgan fingerprint density at radius 2 is 1.15 bits per heavy atom. The fourth-order valence-corrected chi connectivity index (χ4v) is 3.53. The average Bonchev–Trinajstić information content (AvgIpc) is 2.69. The Labute approximate surface area is 127 Å². The van der Waals surface area contributed by atoms with Crippen LogP contribution >= 0.6 is 0 Å². The average molecular weight is 283 g/mol. The Bertz CT molecular complexity index is 196. The van der Waals surface area contributed by atoms with Crippen LogP contribution in [0.1, 0.15) is 103 Å². The van der Waals surface area contributed by atoms with E-state index in [9.17, 15) is 0 Å². The molecule has 0 radical (unpaired) electrons. The van der Waals surface area contributed by atoms with Crippen LogP contribution in [-0.2, 0) is 0 Å². The lowest BCUT2D eigenvalue weighted by Gasteiger charge is -2.13. The Morgan fingerprint density at radius 1 is 0.650 bits per heavy atom. The summed E-state index contributed by atoms with van der Waals surface area (Å²) < 4.78 is 0. The lowest BCUT2D eigenvalue weighted by atomic mass is 9.93. The third-order valence-corrected chi connectivity index (χ3v) is 4.87. The number of nitrogens with two attached hydrogens (primary N) is 2. The maximum Gasteiger partial charge on any atom is 0.0520 e. The van der Waals surface area contributed by atoms with Crippen molar-refractivity contribution in [1.29, 1.82) is 0 Å². The van der Waals surface area contributed by atoms with Gasteiger partial charge in [0, 0.05) is 0 Å². The summed E-state index contributed by atoms with van der Waals surface area (Å²) in [6, 6.07) is 0. The van der Waals surface area contributed by atoms with Gasteiger partial charge in [-0.05, 0) is 12.3 Å². The molecule has 120 valence electrons. The van der Waals surface area contributed by atoms with Gasteiger partial charge in [0.1, 0.15) is 0 Å². The van der Waals surface area contributed by atoms with Crippen molar-refractivity contribution >= 4 is 0 Å². The maximum absolute atomic E-state index is 5.54. The molecule has 0 saturated heterocycles. The summed E-state index contributed by atoms with van der Waals surface area (Å²) in [5.41, 5.74) is 11.1. The molecule has 0 heterocycles. The minimum atomic E-state index is -0.0982. The van der Waals surface area contributed by atoms with Crippen LogP contribution in [0.4, 0.5) is 0 Å². The van der Waals surface area contributed by atoms with Crippen LogP contribution in [0.15, 0.2) is 0 Å². The zero-order valence-corrected chi connectivity index (χ0v) is 13.6. The number of hydrogen-bond acceptors (Lipinski definition) is 2. The molecule has 0 aromatic heterocycles. The molecule has 1 saturated carbocycles. The highest BCUT2D eigenvalue weighted by Gasteiger charge is 2.11. The van der Waals surface area contributed by atoms with Crippen LogP contribution in [0.25, 0.3) is 0 Å². The molecular formula is C18H38N2. The highest BCUT2D eigenvalue weighted by atomic mass is 14.8.